The first-order chi connectivity index (χ1) is 16.3. The van der Waals surface area contributed by atoms with Gasteiger partial charge in [0.1, 0.15) is 6.33 Å². The van der Waals surface area contributed by atoms with Crippen LogP contribution in [0.5, 0.6) is 0 Å². The maximum atomic E-state index is 13.1. The SMILES string of the molecule is O=C(Nc1cccc2c1CCCC2)c1cccc(-c2n[nH]c3ccc(-c4ncn[nH]4)cc23)c1. The molecule has 0 unspecified atom stereocenters. The fourth-order valence-electron chi connectivity index (χ4n) is 4.63. The zero-order chi connectivity index (χ0) is 22.2. The fraction of sp³-hybridized carbons (Fsp3) is 0.154. The summed E-state index contributed by atoms with van der Waals surface area (Å²) < 4.78 is 0. The summed E-state index contributed by atoms with van der Waals surface area (Å²) in [5.74, 6) is 0.585. The van der Waals surface area contributed by atoms with E-state index in [9.17, 15) is 4.79 Å². The number of nitrogens with zero attached hydrogens (tertiary/aromatic N) is 3. The van der Waals surface area contributed by atoms with Crippen LogP contribution in [0, 0.1) is 0 Å². The highest BCUT2D eigenvalue weighted by Gasteiger charge is 2.17. The number of carbonyl (C=O) groups is 1. The lowest BCUT2D eigenvalue weighted by molar-refractivity contribution is 0.102. The number of H-pyrrole nitrogens is 2. The standard InChI is InChI=1S/C26H22N6O/c33-26(29-22-10-4-6-16-5-1-2-9-20(16)22)19-8-3-7-17(13-19)24-21-14-18(25-27-15-28-32-25)11-12-23(21)30-31-24/h3-4,6-8,10-15H,1-2,5,9H2,(H,29,33)(H,30,31)(H,27,28,32). The Morgan fingerprint density at radius 3 is 2.73 bits per heavy atom. The van der Waals surface area contributed by atoms with Crippen LogP contribution in [-0.2, 0) is 12.8 Å². The minimum absolute atomic E-state index is 0.113. The topological polar surface area (TPSA) is 99.3 Å². The molecular formula is C26H22N6O. The lowest BCUT2D eigenvalue weighted by Crippen LogP contribution is -2.15. The third kappa shape index (κ3) is 3.57. The number of nitrogens with one attached hydrogen (secondary N) is 3. The molecule has 2 heterocycles. The molecule has 0 fully saturated rings. The van der Waals surface area contributed by atoms with Gasteiger partial charge in [0.25, 0.3) is 5.91 Å². The Hall–Kier alpha value is -4.26. The molecular weight excluding hydrogens is 412 g/mol. The second kappa shape index (κ2) is 8.02. The fourth-order valence-corrected chi connectivity index (χ4v) is 4.63. The number of hydrogen-bond acceptors (Lipinski definition) is 4. The van der Waals surface area contributed by atoms with E-state index < -0.39 is 0 Å². The van der Waals surface area contributed by atoms with Gasteiger partial charge in [0, 0.05) is 27.8 Å². The van der Waals surface area contributed by atoms with Gasteiger partial charge in [-0.3, -0.25) is 15.0 Å². The zero-order valence-corrected chi connectivity index (χ0v) is 17.9. The summed E-state index contributed by atoms with van der Waals surface area (Å²) in [7, 11) is 0. The molecule has 0 radical (unpaired) electrons. The Labute approximate surface area is 190 Å². The normalized spacial score (nSPS) is 13.1. The van der Waals surface area contributed by atoms with Crippen molar-refractivity contribution in [2.45, 2.75) is 25.7 Å². The van der Waals surface area contributed by atoms with E-state index >= 15 is 0 Å². The number of aromatic nitrogens is 5. The Morgan fingerprint density at radius 1 is 0.909 bits per heavy atom. The lowest BCUT2D eigenvalue weighted by Gasteiger charge is -2.19. The molecule has 2 aromatic heterocycles. The van der Waals surface area contributed by atoms with Crippen molar-refractivity contribution in [3.8, 4) is 22.6 Å². The first kappa shape index (κ1) is 19.4. The summed E-state index contributed by atoms with van der Waals surface area (Å²) in [4.78, 5) is 17.4. The largest absolute Gasteiger partial charge is 0.322 e. The van der Waals surface area contributed by atoms with E-state index in [-0.39, 0.29) is 5.91 Å². The molecule has 0 atom stereocenters. The Kier molecular flexibility index (Phi) is 4.72. The van der Waals surface area contributed by atoms with Crippen molar-refractivity contribution in [3.63, 3.8) is 0 Å². The number of anilines is 1. The lowest BCUT2D eigenvalue weighted by atomic mass is 9.90. The van der Waals surface area contributed by atoms with Crippen LogP contribution in [0.3, 0.4) is 0 Å². The minimum atomic E-state index is -0.113. The highest BCUT2D eigenvalue weighted by molar-refractivity contribution is 6.06. The second-order valence-corrected chi connectivity index (χ2v) is 8.35. The van der Waals surface area contributed by atoms with Gasteiger partial charge in [-0.1, -0.05) is 24.3 Å². The van der Waals surface area contributed by atoms with Crippen molar-refractivity contribution < 1.29 is 4.79 Å². The van der Waals surface area contributed by atoms with Crippen molar-refractivity contribution in [2.75, 3.05) is 5.32 Å². The molecule has 1 aliphatic carbocycles. The summed E-state index contributed by atoms with van der Waals surface area (Å²) in [5, 5.41) is 18.5. The number of benzene rings is 3. The van der Waals surface area contributed by atoms with Gasteiger partial charge in [-0.2, -0.15) is 10.2 Å². The highest BCUT2D eigenvalue weighted by atomic mass is 16.1. The van der Waals surface area contributed by atoms with Gasteiger partial charge >= 0.3 is 0 Å². The predicted molar refractivity (Wildman–Crippen MR) is 128 cm³/mol. The van der Waals surface area contributed by atoms with Gasteiger partial charge in [0.15, 0.2) is 5.82 Å². The van der Waals surface area contributed by atoms with Gasteiger partial charge < -0.3 is 5.32 Å². The smallest absolute Gasteiger partial charge is 0.255 e. The molecule has 3 N–H and O–H groups in total. The molecule has 162 valence electrons. The van der Waals surface area contributed by atoms with Crippen molar-refractivity contribution in [2.24, 2.45) is 0 Å². The van der Waals surface area contributed by atoms with E-state index in [1.807, 2.05) is 54.6 Å². The number of aryl methyl sites for hydroxylation is 1. The molecule has 1 amide bonds. The molecule has 7 nitrogen and oxygen atoms in total. The average molecular weight is 435 g/mol. The molecule has 33 heavy (non-hydrogen) atoms. The minimum Gasteiger partial charge on any atom is -0.322 e. The van der Waals surface area contributed by atoms with E-state index in [1.165, 1.54) is 23.9 Å². The molecule has 3 aromatic carbocycles. The molecule has 7 heteroatoms. The first-order valence-electron chi connectivity index (χ1n) is 11.1. The highest BCUT2D eigenvalue weighted by Crippen LogP contribution is 2.31. The summed E-state index contributed by atoms with van der Waals surface area (Å²) >= 11 is 0. The van der Waals surface area contributed by atoms with Crippen LogP contribution >= 0.6 is 0 Å². The third-order valence-electron chi connectivity index (χ3n) is 6.29. The van der Waals surface area contributed by atoms with Crippen LogP contribution in [-0.4, -0.2) is 31.3 Å². The van der Waals surface area contributed by atoms with Crippen molar-refractivity contribution in [3.05, 3.63) is 83.7 Å². The van der Waals surface area contributed by atoms with Crippen LogP contribution in [0.2, 0.25) is 0 Å². The van der Waals surface area contributed by atoms with E-state index in [2.05, 4.69) is 36.8 Å². The number of amides is 1. The van der Waals surface area contributed by atoms with Crippen LogP contribution in [0.4, 0.5) is 5.69 Å². The Morgan fingerprint density at radius 2 is 1.82 bits per heavy atom. The Bertz CT molecular complexity index is 1470. The van der Waals surface area contributed by atoms with Crippen LogP contribution in [0.15, 0.2) is 67.0 Å². The number of carbonyl (C=O) groups excluding carboxylic acids is 1. The number of fused-ring (bicyclic) bond motifs is 2. The van der Waals surface area contributed by atoms with E-state index in [0.29, 0.717) is 11.4 Å². The molecule has 0 saturated heterocycles. The van der Waals surface area contributed by atoms with Crippen LogP contribution in [0.1, 0.15) is 34.3 Å². The number of aromatic amines is 2. The molecule has 0 bridgehead atoms. The first-order valence-corrected chi connectivity index (χ1v) is 11.1. The van der Waals surface area contributed by atoms with Crippen molar-refractivity contribution >= 4 is 22.5 Å². The van der Waals surface area contributed by atoms with Crippen molar-refractivity contribution in [1.82, 2.24) is 25.4 Å². The number of rotatable bonds is 4. The number of hydrogen-bond donors (Lipinski definition) is 3. The van der Waals surface area contributed by atoms with Gasteiger partial charge in [-0.15, -0.1) is 0 Å². The van der Waals surface area contributed by atoms with E-state index in [0.717, 1.165) is 52.7 Å². The molecule has 6 rings (SSSR count). The predicted octanol–water partition coefficient (Wildman–Crippen LogP) is 5.15. The molecule has 0 spiro atoms. The maximum absolute atomic E-state index is 13.1. The van der Waals surface area contributed by atoms with Crippen LogP contribution < -0.4 is 5.32 Å². The van der Waals surface area contributed by atoms with E-state index in [1.54, 1.807) is 0 Å². The molecule has 5 aromatic rings. The summed E-state index contributed by atoms with van der Waals surface area (Å²) in [6, 6.07) is 19.7. The molecule has 0 saturated carbocycles. The molecule has 0 aliphatic heterocycles. The molecule has 1 aliphatic rings. The van der Waals surface area contributed by atoms with Crippen LogP contribution in [0.25, 0.3) is 33.5 Å². The van der Waals surface area contributed by atoms with E-state index in [4.69, 9.17) is 0 Å². The monoisotopic (exact) mass is 434 g/mol. The van der Waals surface area contributed by atoms with Gasteiger partial charge in [0.05, 0.1) is 11.2 Å². The average Bonchev–Trinajstić information content (AvgIpc) is 3.54. The summed E-state index contributed by atoms with van der Waals surface area (Å²) in [5.41, 5.74) is 7.64. The summed E-state index contributed by atoms with van der Waals surface area (Å²) in [6.45, 7) is 0. The van der Waals surface area contributed by atoms with Gasteiger partial charge in [0.2, 0.25) is 0 Å². The van der Waals surface area contributed by atoms with Crippen molar-refractivity contribution in [1.29, 1.82) is 0 Å². The van der Waals surface area contributed by atoms with Gasteiger partial charge in [-0.05, 0) is 73.2 Å². The van der Waals surface area contributed by atoms with Gasteiger partial charge in [-0.25, -0.2) is 4.98 Å². The Balaban J connectivity index is 1.33. The maximum Gasteiger partial charge on any atom is 0.255 e. The second-order valence-electron chi connectivity index (χ2n) is 8.35. The quantitative estimate of drug-likeness (QED) is 0.364. The third-order valence-corrected chi connectivity index (χ3v) is 6.29. The summed E-state index contributed by atoms with van der Waals surface area (Å²) in [6.07, 6.45) is 5.96. The zero-order valence-electron chi connectivity index (χ0n) is 17.9.